The number of aromatic nitrogens is 3. The van der Waals surface area contributed by atoms with Crippen molar-refractivity contribution in [3.63, 3.8) is 0 Å². The number of benzene rings is 3. The Morgan fingerprint density at radius 1 is 1.06 bits per heavy atom. The van der Waals surface area contributed by atoms with E-state index in [1.165, 1.54) is 16.8 Å². The molecule has 0 aliphatic rings. The van der Waals surface area contributed by atoms with Crippen LogP contribution >= 0.6 is 15.9 Å². The summed E-state index contributed by atoms with van der Waals surface area (Å²) in [5.74, 6) is 0.246. The monoisotopic (exact) mass is 488 g/mol. The topological polar surface area (TPSA) is 52.2 Å². The van der Waals surface area contributed by atoms with E-state index >= 15 is 0 Å². The molecule has 0 fully saturated rings. The fourth-order valence-corrected chi connectivity index (χ4v) is 4.22. The maximum atomic E-state index is 13.6. The molecule has 0 saturated heterocycles. The molecule has 0 aliphatic heterocycles. The van der Waals surface area contributed by atoms with Crippen LogP contribution in [-0.4, -0.2) is 20.4 Å². The van der Waals surface area contributed by atoms with Crippen molar-refractivity contribution in [2.75, 3.05) is 0 Å². The minimum absolute atomic E-state index is 0.228. The summed E-state index contributed by atoms with van der Waals surface area (Å²) in [5, 5.41) is 5.96. The molecule has 5 rings (SSSR count). The van der Waals surface area contributed by atoms with Crippen LogP contribution in [0.3, 0.4) is 0 Å². The van der Waals surface area contributed by atoms with Gasteiger partial charge in [0.05, 0.1) is 17.1 Å². The standard InChI is InChI=1S/C25H18BrFN4O/c1-16-29-23-10-9-19(26)12-22(23)25(32)31(16)28-13-18-15-30(24-8-3-2-7-21(18)24)14-17-5-4-6-20(27)11-17/h2-13,15H,14H2,1H3. The molecule has 0 bridgehead atoms. The molecule has 0 atom stereocenters. The zero-order valence-corrected chi connectivity index (χ0v) is 18.8. The molecule has 3 aromatic carbocycles. The number of hydrogen-bond acceptors (Lipinski definition) is 3. The molecule has 2 heterocycles. The summed E-state index contributed by atoms with van der Waals surface area (Å²) < 4.78 is 17.8. The Bertz CT molecular complexity index is 1570. The van der Waals surface area contributed by atoms with E-state index in [9.17, 15) is 9.18 Å². The second-order valence-corrected chi connectivity index (χ2v) is 8.46. The fourth-order valence-electron chi connectivity index (χ4n) is 3.86. The van der Waals surface area contributed by atoms with Gasteiger partial charge >= 0.3 is 0 Å². The van der Waals surface area contributed by atoms with Crippen molar-refractivity contribution < 1.29 is 4.39 Å². The van der Waals surface area contributed by atoms with Gasteiger partial charge in [-0.3, -0.25) is 4.79 Å². The molecule has 158 valence electrons. The van der Waals surface area contributed by atoms with Crippen molar-refractivity contribution in [1.29, 1.82) is 0 Å². The maximum absolute atomic E-state index is 13.6. The highest BCUT2D eigenvalue weighted by atomic mass is 79.9. The second-order valence-electron chi connectivity index (χ2n) is 7.54. The van der Waals surface area contributed by atoms with E-state index in [1.54, 1.807) is 25.3 Å². The highest BCUT2D eigenvalue weighted by Gasteiger charge is 2.10. The van der Waals surface area contributed by atoms with E-state index in [2.05, 4.69) is 30.6 Å². The third kappa shape index (κ3) is 3.76. The first kappa shape index (κ1) is 20.3. The largest absolute Gasteiger partial charge is 0.342 e. The highest BCUT2D eigenvalue weighted by Crippen LogP contribution is 2.22. The van der Waals surface area contributed by atoms with Crippen LogP contribution in [0.4, 0.5) is 4.39 Å². The Hall–Kier alpha value is -3.58. The Kier molecular flexibility index (Phi) is 5.19. The van der Waals surface area contributed by atoms with Crippen LogP contribution in [0, 0.1) is 12.7 Å². The maximum Gasteiger partial charge on any atom is 0.282 e. The molecule has 0 amide bonds. The van der Waals surface area contributed by atoms with E-state index in [4.69, 9.17) is 0 Å². The molecule has 32 heavy (non-hydrogen) atoms. The van der Waals surface area contributed by atoms with E-state index in [0.29, 0.717) is 23.3 Å². The lowest BCUT2D eigenvalue weighted by Gasteiger charge is -2.05. The quantitative estimate of drug-likeness (QED) is 0.314. The van der Waals surface area contributed by atoms with Gasteiger partial charge in [0.25, 0.3) is 5.56 Å². The Morgan fingerprint density at radius 3 is 2.75 bits per heavy atom. The number of aryl methyl sites for hydroxylation is 1. The van der Waals surface area contributed by atoms with Crippen LogP contribution in [0.5, 0.6) is 0 Å². The minimum Gasteiger partial charge on any atom is -0.342 e. The summed E-state index contributed by atoms with van der Waals surface area (Å²) in [4.78, 5) is 17.5. The van der Waals surface area contributed by atoms with Crippen molar-refractivity contribution in [3.05, 3.63) is 111 Å². The molecule has 7 heteroatoms. The van der Waals surface area contributed by atoms with E-state index < -0.39 is 0 Å². The lowest BCUT2D eigenvalue weighted by Crippen LogP contribution is -2.20. The molecule has 0 unspecified atom stereocenters. The van der Waals surface area contributed by atoms with Gasteiger partial charge in [0.15, 0.2) is 0 Å². The van der Waals surface area contributed by atoms with Crippen LogP contribution < -0.4 is 5.56 Å². The SMILES string of the molecule is Cc1nc2ccc(Br)cc2c(=O)n1N=Cc1cn(Cc2cccc(F)c2)c2ccccc12. The van der Waals surface area contributed by atoms with Crippen molar-refractivity contribution in [1.82, 2.24) is 14.2 Å². The van der Waals surface area contributed by atoms with Crippen molar-refractivity contribution >= 4 is 44.0 Å². The van der Waals surface area contributed by atoms with Crippen LogP contribution in [0.2, 0.25) is 0 Å². The van der Waals surface area contributed by atoms with Gasteiger partial charge < -0.3 is 4.57 Å². The van der Waals surface area contributed by atoms with Gasteiger partial charge in [-0.15, -0.1) is 0 Å². The number of fused-ring (bicyclic) bond motifs is 2. The summed E-state index contributed by atoms with van der Waals surface area (Å²) in [7, 11) is 0. The van der Waals surface area contributed by atoms with Crippen LogP contribution in [-0.2, 0) is 6.54 Å². The average molecular weight is 489 g/mol. The zero-order chi connectivity index (χ0) is 22.2. The molecule has 0 aliphatic carbocycles. The van der Waals surface area contributed by atoms with Crippen LogP contribution in [0.15, 0.2) is 87.3 Å². The summed E-state index contributed by atoms with van der Waals surface area (Å²) >= 11 is 3.41. The van der Waals surface area contributed by atoms with Crippen molar-refractivity contribution in [2.45, 2.75) is 13.5 Å². The van der Waals surface area contributed by atoms with Gasteiger partial charge in [0.1, 0.15) is 11.6 Å². The first-order valence-electron chi connectivity index (χ1n) is 10.1. The first-order chi connectivity index (χ1) is 15.5. The minimum atomic E-state index is -0.258. The average Bonchev–Trinajstić information content (AvgIpc) is 3.12. The molecule has 5 nitrogen and oxygen atoms in total. The van der Waals surface area contributed by atoms with E-state index in [1.807, 2.05) is 48.7 Å². The molecule has 0 saturated carbocycles. The smallest absolute Gasteiger partial charge is 0.282 e. The number of para-hydroxylation sites is 1. The summed E-state index contributed by atoms with van der Waals surface area (Å²) in [6.45, 7) is 2.28. The molecular formula is C25H18BrFN4O. The summed E-state index contributed by atoms with van der Waals surface area (Å²) in [6.07, 6.45) is 3.63. The Labute approximate surface area is 191 Å². The highest BCUT2D eigenvalue weighted by molar-refractivity contribution is 9.10. The molecular weight excluding hydrogens is 471 g/mol. The molecule has 2 aromatic heterocycles. The first-order valence-corrected chi connectivity index (χ1v) is 10.8. The zero-order valence-electron chi connectivity index (χ0n) is 17.2. The lowest BCUT2D eigenvalue weighted by molar-refractivity contribution is 0.624. The van der Waals surface area contributed by atoms with Gasteiger partial charge in [0.2, 0.25) is 0 Å². The van der Waals surface area contributed by atoms with Crippen LogP contribution in [0.1, 0.15) is 17.0 Å². The molecule has 5 aromatic rings. The molecule has 0 spiro atoms. The van der Waals surface area contributed by atoms with E-state index in [-0.39, 0.29) is 11.4 Å². The second kappa shape index (κ2) is 8.16. The van der Waals surface area contributed by atoms with Gasteiger partial charge in [-0.1, -0.05) is 46.3 Å². The summed E-state index contributed by atoms with van der Waals surface area (Å²) in [5.41, 5.74) is 3.13. The Balaban J connectivity index is 1.58. The van der Waals surface area contributed by atoms with E-state index in [0.717, 1.165) is 26.5 Å². The summed E-state index contributed by atoms with van der Waals surface area (Å²) in [6, 6.07) is 19.9. The third-order valence-corrected chi connectivity index (χ3v) is 5.84. The number of nitrogens with zero attached hydrogens (tertiary/aromatic N) is 4. The predicted octanol–water partition coefficient (Wildman–Crippen LogP) is 5.49. The van der Waals surface area contributed by atoms with Gasteiger partial charge in [-0.25, -0.2) is 9.37 Å². The molecule has 0 N–H and O–H groups in total. The van der Waals surface area contributed by atoms with Gasteiger partial charge in [-0.05, 0) is 48.9 Å². The number of rotatable bonds is 4. The lowest BCUT2D eigenvalue weighted by atomic mass is 10.2. The normalized spacial score (nSPS) is 11.7. The van der Waals surface area contributed by atoms with Crippen LogP contribution in [0.25, 0.3) is 21.8 Å². The number of halogens is 2. The van der Waals surface area contributed by atoms with Crippen molar-refractivity contribution in [3.8, 4) is 0 Å². The third-order valence-electron chi connectivity index (χ3n) is 5.34. The van der Waals surface area contributed by atoms with Crippen molar-refractivity contribution in [2.24, 2.45) is 5.10 Å². The fraction of sp³-hybridized carbons (Fsp3) is 0.0800. The predicted molar refractivity (Wildman–Crippen MR) is 129 cm³/mol. The molecule has 0 radical (unpaired) electrons. The van der Waals surface area contributed by atoms with Gasteiger partial charge in [0, 0.05) is 33.7 Å². The van der Waals surface area contributed by atoms with Gasteiger partial charge in [-0.2, -0.15) is 9.78 Å². The Morgan fingerprint density at radius 2 is 1.91 bits per heavy atom. The number of hydrogen-bond donors (Lipinski definition) is 0.